The summed E-state index contributed by atoms with van der Waals surface area (Å²) in [7, 11) is 0. The standard InChI is InChI=1S/C15H18ClN5O2/c1-9(2)8-21-13(16)12(10(3)20-21)15(23)19-18-14(22)11-4-6-17-7-5-11/h4-7,9H,8H2,1-3H3,(H,18,22)(H,19,23). The molecule has 2 aromatic rings. The first-order valence-corrected chi connectivity index (χ1v) is 7.51. The topological polar surface area (TPSA) is 88.9 Å². The van der Waals surface area contributed by atoms with Crippen LogP contribution in [0.25, 0.3) is 0 Å². The van der Waals surface area contributed by atoms with Crippen LogP contribution < -0.4 is 10.9 Å². The van der Waals surface area contributed by atoms with E-state index in [1.165, 1.54) is 12.4 Å². The second-order valence-corrected chi connectivity index (χ2v) is 5.83. The smallest absolute Gasteiger partial charge is 0.267 e. The van der Waals surface area contributed by atoms with Crippen molar-refractivity contribution < 1.29 is 9.59 Å². The van der Waals surface area contributed by atoms with Gasteiger partial charge in [0.15, 0.2) is 0 Å². The lowest BCUT2D eigenvalue weighted by atomic mass is 10.2. The van der Waals surface area contributed by atoms with Crippen LogP contribution >= 0.6 is 11.6 Å². The van der Waals surface area contributed by atoms with Gasteiger partial charge in [-0.2, -0.15) is 5.10 Å². The van der Waals surface area contributed by atoms with Gasteiger partial charge in [-0.05, 0) is 25.0 Å². The van der Waals surface area contributed by atoms with Crippen molar-refractivity contribution in [2.24, 2.45) is 5.92 Å². The van der Waals surface area contributed by atoms with Crippen LogP contribution in [-0.4, -0.2) is 26.6 Å². The number of pyridine rings is 1. The van der Waals surface area contributed by atoms with E-state index in [4.69, 9.17) is 11.6 Å². The number of hydrogen-bond acceptors (Lipinski definition) is 4. The molecule has 0 saturated carbocycles. The molecular formula is C15H18ClN5O2. The molecule has 2 aromatic heterocycles. The van der Waals surface area contributed by atoms with Crippen LogP contribution in [0.3, 0.4) is 0 Å². The molecule has 0 spiro atoms. The monoisotopic (exact) mass is 335 g/mol. The van der Waals surface area contributed by atoms with Crippen molar-refractivity contribution in [2.45, 2.75) is 27.3 Å². The molecule has 2 heterocycles. The Labute approximate surface area is 139 Å². The third-order valence-electron chi connectivity index (χ3n) is 3.06. The molecule has 0 aliphatic rings. The van der Waals surface area contributed by atoms with E-state index in [2.05, 4.69) is 20.9 Å². The van der Waals surface area contributed by atoms with Crippen LogP contribution in [0.5, 0.6) is 0 Å². The van der Waals surface area contributed by atoms with Crippen molar-refractivity contribution in [3.8, 4) is 0 Å². The molecule has 0 radical (unpaired) electrons. The Hall–Kier alpha value is -2.41. The summed E-state index contributed by atoms with van der Waals surface area (Å²) < 4.78 is 1.58. The Morgan fingerprint density at radius 3 is 2.43 bits per heavy atom. The number of nitrogens with one attached hydrogen (secondary N) is 2. The fourth-order valence-corrected chi connectivity index (χ4v) is 2.36. The number of hydrazine groups is 1. The number of amides is 2. The summed E-state index contributed by atoms with van der Waals surface area (Å²) in [6.45, 7) is 6.36. The van der Waals surface area contributed by atoms with Crippen LogP contribution in [0.15, 0.2) is 24.5 Å². The van der Waals surface area contributed by atoms with E-state index in [1.807, 2.05) is 13.8 Å². The Kier molecular flexibility index (Phi) is 5.33. The molecule has 2 amide bonds. The Bertz CT molecular complexity index is 712. The van der Waals surface area contributed by atoms with E-state index in [0.717, 1.165) is 0 Å². The molecule has 122 valence electrons. The van der Waals surface area contributed by atoms with Gasteiger partial charge < -0.3 is 0 Å². The Morgan fingerprint density at radius 2 is 1.83 bits per heavy atom. The van der Waals surface area contributed by atoms with E-state index >= 15 is 0 Å². The average molecular weight is 336 g/mol. The van der Waals surface area contributed by atoms with Crippen molar-refractivity contribution in [2.75, 3.05) is 0 Å². The number of aromatic nitrogens is 3. The van der Waals surface area contributed by atoms with E-state index in [1.54, 1.807) is 23.7 Å². The van der Waals surface area contributed by atoms with Crippen LogP contribution in [0.4, 0.5) is 0 Å². The maximum atomic E-state index is 12.2. The SMILES string of the molecule is Cc1nn(CC(C)C)c(Cl)c1C(=O)NNC(=O)c1ccncc1. The molecular weight excluding hydrogens is 318 g/mol. The highest BCUT2D eigenvalue weighted by atomic mass is 35.5. The lowest BCUT2D eigenvalue weighted by molar-refractivity contribution is 0.0846. The predicted molar refractivity (Wildman–Crippen MR) is 86.0 cm³/mol. The van der Waals surface area contributed by atoms with Gasteiger partial charge >= 0.3 is 0 Å². The van der Waals surface area contributed by atoms with Crippen molar-refractivity contribution in [3.63, 3.8) is 0 Å². The van der Waals surface area contributed by atoms with Crippen molar-refractivity contribution >= 4 is 23.4 Å². The Balaban J connectivity index is 2.06. The summed E-state index contributed by atoms with van der Waals surface area (Å²) in [6.07, 6.45) is 2.99. The fraction of sp³-hybridized carbons (Fsp3) is 0.333. The third kappa shape index (κ3) is 4.07. The number of carbonyl (C=O) groups excluding carboxylic acids is 2. The molecule has 0 atom stereocenters. The van der Waals surface area contributed by atoms with Crippen molar-refractivity contribution in [1.29, 1.82) is 0 Å². The second-order valence-electron chi connectivity index (χ2n) is 5.47. The molecule has 2 rings (SSSR count). The zero-order valence-corrected chi connectivity index (χ0v) is 13.9. The summed E-state index contributed by atoms with van der Waals surface area (Å²) in [5.74, 6) is -0.608. The van der Waals surface area contributed by atoms with Gasteiger partial charge in [0.1, 0.15) is 10.7 Å². The van der Waals surface area contributed by atoms with Gasteiger partial charge in [0.2, 0.25) is 0 Å². The van der Waals surface area contributed by atoms with E-state index in [9.17, 15) is 9.59 Å². The molecule has 0 unspecified atom stereocenters. The van der Waals surface area contributed by atoms with E-state index in [0.29, 0.717) is 23.7 Å². The summed E-state index contributed by atoms with van der Waals surface area (Å²) in [5, 5.41) is 4.52. The number of hydrogen-bond donors (Lipinski definition) is 2. The highest BCUT2D eigenvalue weighted by Gasteiger charge is 2.21. The van der Waals surface area contributed by atoms with Gasteiger partial charge in [0.25, 0.3) is 11.8 Å². The molecule has 0 aromatic carbocycles. The summed E-state index contributed by atoms with van der Waals surface area (Å²) in [4.78, 5) is 28.0. The van der Waals surface area contributed by atoms with Crippen LogP contribution in [0, 0.1) is 12.8 Å². The van der Waals surface area contributed by atoms with Gasteiger partial charge in [-0.25, -0.2) is 0 Å². The minimum atomic E-state index is -0.509. The Morgan fingerprint density at radius 1 is 1.22 bits per heavy atom. The first-order chi connectivity index (χ1) is 10.9. The molecule has 23 heavy (non-hydrogen) atoms. The summed E-state index contributed by atoms with van der Waals surface area (Å²) in [5.41, 5.74) is 5.83. The van der Waals surface area contributed by atoms with Gasteiger partial charge in [-0.3, -0.25) is 30.1 Å². The molecule has 0 aliphatic heterocycles. The first kappa shape index (κ1) is 17.0. The van der Waals surface area contributed by atoms with Gasteiger partial charge in [0.05, 0.1) is 5.69 Å². The number of carbonyl (C=O) groups is 2. The zero-order chi connectivity index (χ0) is 17.0. The molecule has 0 bridgehead atoms. The zero-order valence-electron chi connectivity index (χ0n) is 13.1. The lowest BCUT2D eigenvalue weighted by Crippen LogP contribution is -2.41. The molecule has 7 nitrogen and oxygen atoms in total. The third-order valence-corrected chi connectivity index (χ3v) is 3.45. The summed E-state index contributed by atoms with van der Waals surface area (Å²) >= 11 is 6.22. The quantitative estimate of drug-likeness (QED) is 0.836. The van der Waals surface area contributed by atoms with Gasteiger partial charge in [0, 0.05) is 24.5 Å². The number of rotatable bonds is 4. The maximum absolute atomic E-state index is 12.2. The molecule has 0 saturated heterocycles. The highest BCUT2D eigenvalue weighted by Crippen LogP contribution is 2.20. The largest absolute Gasteiger partial charge is 0.274 e. The summed E-state index contributed by atoms with van der Waals surface area (Å²) in [6, 6.07) is 3.08. The average Bonchev–Trinajstić information content (AvgIpc) is 2.79. The predicted octanol–water partition coefficient (Wildman–Crippen LogP) is 1.97. The molecule has 8 heteroatoms. The van der Waals surface area contributed by atoms with E-state index in [-0.39, 0.29) is 10.7 Å². The number of aryl methyl sites for hydroxylation is 1. The minimum Gasteiger partial charge on any atom is -0.267 e. The first-order valence-electron chi connectivity index (χ1n) is 7.13. The van der Waals surface area contributed by atoms with Crippen LogP contribution in [0.1, 0.15) is 40.3 Å². The molecule has 2 N–H and O–H groups in total. The normalized spacial score (nSPS) is 10.7. The molecule has 0 aliphatic carbocycles. The maximum Gasteiger partial charge on any atom is 0.274 e. The minimum absolute atomic E-state index is 0.252. The van der Waals surface area contributed by atoms with Crippen LogP contribution in [0.2, 0.25) is 5.15 Å². The van der Waals surface area contributed by atoms with Gasteiger partial charge in [-0.1, -0.05) is 25.4 Å². The van der Waals surface area contributed by atoms with Crippen molar-refractivity contribution in [3.05, 3.63) is 46.5 Å². The van der Waals surface area contributed by atoms with Crippen molar-refractivity contribution in [1.82, 2.24) is 25.6 Å². The number of halogens is 1. The highest BCUT2D eigenvalue weighted by molar-refractivity contribution is 6.33. The number of nitrogens with zero attached hydrogens (tertiary/aromatic N) is 3. The van der Waals surface area contributed by atoms with E-state index < -0.39 is 11.8 Å². The van der Waals surface area contributed by atoms with Crippen LogP contribution in [-0.2, 0) is 6.54 Å². The second kappa shape index (κ2) is 7.23. The van der Waals surface area contributed by atoms with Gasteiger partial charge in [-0.15, -0.1) is 0 Å². The fourth-order valence-electron chi connectivity index (χ4n) is 2.03. The lowest BCUT2D eigenvalue weighted by Gasteiger charge is -2.08. The molecule has 0 fully saturated rings.